The Kier molecular flexibility index (Phi) is 9.30. The summed E-state index contributed by atoms with van der Waals surface area (Å²) in [6, 6.07) is 21.4. The summed E-state index contributed by atoms with van der Waals surface area (Å²) in [5, 5.41) is 3.27. The second kappa shape index (κ2) is 12.7. The summed E-state index contributed by atoms with van der Waals surface area (Å²) in [6.07, 6.45) is 3.96. The number of halogens is 1. The summed E-state index contributed by atoms with van der Waals surface area (Å²) in [6.45, 7) is 3.27. The first-order valence-electron chi connectivity index (χ1n) is 13.1. The van der Waals surface area contributed by atoms with Crippen molar-refractivity contribution in [3.05, 3.63) is 95.0 Å². The molecule has 3 aromatic rings. The molecule has 1 fully saturated rings. The normalized spacial score (nSPS) is 14.5. The van der Waals surface area contributed by atoms with Crippen LogP contribution in [0.5, 0.6) is 0 Å². The van der Waals surface area contributed by atoms with E-state index in [1.165, 1.54) is 17.0 Å². The third-order valence-electron chi connectivity index (χ3n) is 7.04. The van der Waals surface area contributed by atoms with Crippen LogP contribution in [0.15, 0.2) is 83.8 Å². The first-order valence-corrected chi connectivity index (χ1v) is 15.0. The minimum atomic E-state index is -4.15. The van der Waals surface area contributed by atoms with Gasteiger partial charge in [0.15, 0.2) is 0 Å². The number of nitrogens with one attached hydrogen (secondary N) is 1. The van der Waals surface area contributed by atoms with E-state index in [0.29, 0.717) is 0 Å². The summed E-state index contributed by atoms with van der Waals surface area (Å²) in [4.78, 5) is 28.7. The van der Waals surface area contributed by atoms with Crippen LogP contribution in [0.1, 0.15) is 43.7 Å². The van der Waals surface area contributed by atoms with Gasteiger partial charge in [-0.25, -0.2) is 8.42 Å². The highest BCUT2D eigenvalue weighted by atomic mass is 35.5. The standard InChI is InChI=1S/C30H34ClN3O4S/c1-22-11-10-12-24(19-22)20-33(23(2)30(36)32-25-13-6-7-14-25)29(35)21-34(28-18-9-8-17-27(28)31)39(37,38)26-15-4-3-5-16-26/h3-5,8-12,15-19,23,25H,6-7,13-14,20-21H2,1-2H3,(H,32,36). The molecule has 7 nitrogen and oxygen atoms in total. The smallest absolute Gasteiger partial charge is 0.264 e. The predicted molar refractivity (Wildman–Crippen MR) is 154 cm³/mol. The van der Waals surface area contributed by atoms with Gasteiger partial charge in [0.1, 0.15) is 12.6 Å². The molecular weight excluding hydrogens is 534 g/mol. The number of hydrogen-bond donors (Lipinski definition) is 1. The maximum absolute atomic E-state index is 14.0. The van der Waals surface area contributed by atoms with E-state index in [0.717, 1.165) is 41.1 Å². The number of nitrogens with zero attached hydrogens (tertiary/aromatic N) is 2. The molecule has 1 N–H and O–H groups in total. The topological polar surface area (TPSA) is 86.8 Å². The quantitative estimate of drug-likeness (QED) is 0.359. The molecule has 1 atom stereocenters. The average Bonchev–Trinajstić information content (AvgIpc) is 3.44. The zero-order valence-corrected chi connectivity index (χ0v) is 23.8. The van der Waals surface area contributed by atoms with Gasteiger partial charge in [-0.3, -0.25) is 13.9 Å². The number of carbonyl (C=O) groups excluding carboxylic acids is 2. The first kappa shape index (κ1) is 28.6. The fourth-order valence-electron chi connectivity index (χ4n) is 4.87. The Morgan fingerprint density at radius 1 is 0.974 bits per heavy atom. The van der Waals surface area contributed by atoms with Crippen LogP contribution in [0.3, 0.4) is 0 Å². The van der Waals surface area contributed by atoms with E-state index in [-0.39, 0.29) is 34.1 Å². The van der Waals surface area contributed by atoms with Crippen LogP contribution in [0.4, 0.5) is 5.69 Å². The summed E-state index contributed by atoms with van der Waals surface area (Å²) < 4.78 is 28.6. The number of sulfonamides is 1. The van der Waals surface area contributed by atoms with Gasteiger partial charge in [-0.15, -0.1) is 0 Å². The van der Waals surface area contributed by atoms with Crippen molar-refractivity contribution in [1.82, 2.24) is 10.2 Å². The third kappa shape index (κ3) is 6.99. The third-order valence-corrected chi connectivity index (χ3v) is 9.13. The molecule has 1 saturated carbocycles. The van der Waals surface area contributed by atoms with Gasteiger partial charge in [-0.05, 0) is 56.5 Å². The molecule has 4 rings (SSSR count). The van der Waals surface area contributed by atoms with Crippen LogP contribution >= 0.6 is 11.6 Å². The SMILES string of the molecule is Cc1cccc(CN(C(=O)CN(c2ccccc2Cl)S(=O)(=O)c2ccccc2)C(C)C(=O)NC2CCCC2)c1. The predicted octanol–water partition coefficient (Wildman–Crippen LogP) is 5.32. The van der Waals surface area contributed by atoms with Crippen molar-refractivity contribution in [2.75, 3.05) is 10.8 Å². The van der Waals surface area contributed by atoms with Crippen molar-refractivity contribution >= 4 is 39.1 Å². The maximum Gasteiger partial charge on any atom is 0.264 e. The number of anilines is 1. The minimum Gasteiger partial charge on any atom is -0.352 e. The summed E-state index contributed by atoms with van der Waals surface area (Å²) in [7, 11) is -4.15. The van der Waals surface area contributed by atoms with Gasteiger partial charge in [-0.1, -0.05) is 84.6 Å². The van der Waals surface area contributed by atoms with Gasteiger partial charge in [0, 0.05) is 12.6 Å². The lowest BCUT2D eigenvalue weighted by molar-refractivity contribution is -0.139. The molecule has 0 bridgehead atoms. The van der Waals surface area contributed by atoms with E-state index >= 15 is 0 Å². The Labute approximate surface area is 235 Å². The van der Waals surface area contributed by atoms with Crippen LogP contribution in [-0.4, -0.2) is 43.8 Å². The largest absolute Gasteiger partial charge is 0.352 e. The Morgan fingerprint density at radius 3 is 2.31 bits per heavy atom. The van der Waals surface area contributed by atoms with Crippen molar-refractivity contribution in [3.8, 4) is 0 Å². The van der Waals surface area contributed by atoms with Crippen molar-refractivity contribution in [3.63, 3.8) is 0 Å². The number of aryl methyl sites for hydroxylation is 1. The van der Waals surface area contributed by atoms with Crippen LogP contribution in [0, 0.1) is 6.92 Å². The highest BCUT2D eigenvalue weighted by molar-refractivity contribution is 7.92. The Hall–Kier alpha value is -3.36. The molecule has 3 aromatic carbocycles. The second-order valence-corrected chi connectivity index (χ2v) is 12.2. The molecule has 0 aromatic heterocycles. The zero-order chi connectivity index (χ0) is 28.0. The van der Waals surface area contributed by atoms with Crippen molar-refractivity contribution < 1.29 is 18.0 Å². The molecule has 1 unspecified atom stereocenters. The van der Waals surface area contributed by atoms with E-state index in [2.05, 4.69) is 5.32 Å². The summed E-state index contributed by atoms with van der Waals surface area (Å²) in [5.74, 6) is -0.761. The lowest BCUT2D eigenvalue weighted by Crippen LogP contribution is -2.52. The van der Waals surface area contributed by atoms with E-state index in [1.807, 2.05) is 31.2 Å². The van der Waals surface area contributed by atoms with Crippen LogP contribution in [-0.2, 0) is 26.2 Å². The van der Waals surface area contributed by atoms with Crippen molar-refractivity contribution in [2.45, 2.75) is 63.1 Å². The molecule has 0 heterocycles. The number of hydrogen-bond acceptors (Lipinski definition) is 4. The molecule has 1 aliphatic rings. The van der Waals surface area contributed by atoms with Crippen LogP contribution < -0.4 is 9.62 Å². The number of amides is 2. The fraction of sp³-hybridized carbons (Fsp3) is 0.333. The van der Waals surface area contributed by atoms with Crippen LogP contribution in [0.25, 0.3) is 0 Å². The second-order valence-electron chi connectivity index (χ2n) is 9.95. The van der Waals surface area contributed by atoms with Gasteiger partial charge >= 0.3 is 0 Å². The number of carbonyl (C=O) groups is 2. The lowest BCUT2D eigenvalue weighted by Gasteiger charge is -2.32. The van der Waals surface area contributed by atoms with Gasteiger partial charge in [0.2, 0.25) is 11.8 Å². The first-order chi connectivity index (χ1) is 18.7. The van der Waals surface area contributed by atoms with Gasteiger partial charge < -0.3 is 10.2 Å². The Bertz CT molecular complexity index is 1410. The summed E-state index contributed by atoms with van der Waals surface area (Å²) in [5.41, 5.74) is 2.06. The molecule has 0 radical (unpaired) electrons. The fourth-order valence-corrected chi connectivity index (χ4v) is 6.61. The highest BCUT2D eigenvalue weighted by Crippen LogP contribution is 2.30. The van der Waals surface area contributed by atoms with Gasteiger partial charge in [0.05, 0.1) is 15.6 Å². The molecule has 0 saturated heterocycles. The van der Waals surface area contributed by atoms with E-state index in [1.54, 1.807) is 49.4 Å². The summed E-state index contributed by atoms with van der Waals surface area (Å²) >= 11 is 6.44. The van der Waals surface area contributed by atoms with Gasteiger partial charge in [-0.2, -0.15) is 0 Å². The molecule has 9 heteroatoms. The van der Waals surface area contributed by atoms with Crippen molar-refractivity contribution in [2.24, 2.45) is 0 Å². The average molecular weight is 568 g/mol. The molecule has 2 amide bonds. The molecule has 1 aliphatic carbocycles. The van der Waals surface area contributed by atoms with E-state index in [4.69, 9.17) is 11.6 Å². The molecular formula is C30H34ClN3O4S. The monoisotopic (exact) mass is 567 g/mol. The maximum atomic E-state index is 14.0. The number of para-hydroxylation sites is 1. The van der Waals surface area contributed by atoms with Crippen molar-refractivity contribution in [1.29, 1.82) is 0 Å². The zero-order valence-electron chi connectivity index (χ0n) is 22.2. The van der Waals surface area contributed by atoms with E-state index in [9.17, 15) is 18.0 Å². The Balaban J connectivity index is 1.69. The molecule has 0 spiro atoms. The number of rotatable bonds is 10. The minimum absolute atomic E-state index is 0.0370. The van der Waals surface area contributed by atoms with Crippen LogP contribution in [0.2, 0.25) is 5.02 Å². The lowest BCUT2D eigenvalue weighted by atomic mass is 10.1. The van der Waals surface area contributed by atoms with E-state index < -0.39 is 28.5 Å². The molecule has 0 aliphatic heterocycles. The molecule has 206 valence electrons. The number of benzene rings is 3. The van der Waals surface area contributed by atoms with Gasteiger partial charge in [0.25, 0.3) is 10.0 Å². The molecule has 39 heavy (non-hydrogen) atoms. The highest BCUT2D eigenvalue weighted by Gasteiger charge is 2.34. The Morgan fingerprint density at radius 2 is 1.64 bits per heavy atom.